The van der Waals surface area contributed by atoms with Crippen LogP contribution in [0.4, 0.5) is 0 Å². The average molecular weight is 346 g/mol. The van der Waals surface area contributed by atoms with Gasteiger partial charge in [-0.1, -0.05) is 6.92 Å². The first-order valence-corrected chi connectivity index (χ1v) is 5.73. The van der Waals surface area contributed by atoms with Gasteiger partial charge in [-0.15, -0.1) is 24.0 Å². The summed E-state index contributed by atoms with van der Waals surface area (Å²) < 4.78 is 0. The highest BCUT2D eigenvalue weighted by atomic mass is 127. The standard InChI is InChI=1S/C12H18N4.HI/c1-3-10-4-5-13-11(8-10)9-15-12-14-6-7-16(12)2;/h4-5,8H,3,6-7,9H2,1-2H3,(H,14,15);1H. The highest BCUT2D eigenvalue weighted by Crippen LogP contribution is 2.03. The number of rotatable bonds is 3. The zero-order chi connectivity index (χ0) is 11.4. The largest absolute Gasteiger partial charge is 0.351 e. The third-order valence-electron chi connectivity index (χ3n) is 2.78. The molecule has 0 aromatic carbocycles. The highest BCUT2D eigenvalue weighted by Gasteiger charge is 2.11. The first kappa shape index (κ1) is 14.2. The smallest absolute Gasteiger partial charge is 0.194 e. The number of halogens is 1. The minimum atomic E-state index is 0. The van der Waals surface area contributed by atoms with E-state index >= 15 is 0 Å². The van der Waals surface area contributed by atoms with Gasteiger partial charge >= 0.3 is 0 Å². The Bertz CT molecular complexity index is 392. The van der Waals surface area contributed by atoms with E-state index in [4.69, 9.17) is 0 Å². The Morgan fingerprint density at radius 1 is 1.47 bits per heavy atom. The van der Waals surface area contributed by atoms with Gasteiger partial charge < -0.3 is 10.2 Å². The molecule has 0 bridgehead atoms. The van der Waals surface area contributed by atoms with Crippen LogP contribution >= 0.6 is 24.0 Å². The number of likely N-dealkylation sites (N-methyl/N-ethyl adjacent to an activating group) is 1. The van der Waals surface area contributed by atoms with Crippen molar-refractivity contribution in [2.75, 3.05) is 20.1 Å². The van der Waals surface area contributed by atoms with Crippen molar-refractivity contribution >= 4 is 29.9 Å². The van der Waals surface area contributed by atoms with Gasteiger partial charge in [0, 0.05) is 19.8 Å². The van der Waals surface area contributed by atoms with E-state index in [1.807, 2.05) is 6.20 Å². The molecule has 2 rings (SSSR count). The number of pyridine rings is 1. The van der Waals surface area contributed by atoms with E-state index in [1.54, 1.807) is 0 Å². The van der Waals surface area contributed by atoms with Crippen LogP contribution in [0.15, 0.2) is 23.3 Å². The molecule has 5 heteroatoms. The summed E-state index contributed by atoms with van der Waals surface area (Å²) in [5, 5.41) is 3.31. The van der Waals surface area contributed by atoms with Crippen molar-refractivity contribution in [1.29, 1.82) is 0 Å². The Morgan fingerprint density at radius 3 is 2.94 bits per heavy atom. The molecule has 0 spiro atoms. The Kier molecular flexibility index (Phi) is 5.67. The van der Waals surface area contributed by atoms with Crippen LogP contribution < -0.4 is 5.32 Å². The molecule has 1 aromatic rings. The van der Waals surface area contributed by atoms with E-state index in [2.05, 4.69) is 46.3 Å². The van der Waals surface area contributed by atoms with E-state index in [1.165, 1.54) is 5.56 Å². The molecule has 0 unspecified atom stereocenters. The fourth-order valence-electron chi connectivity index (χ4n) is 1.74. The normalized spacial score (nSPS) is 14.2. The van der Waals surface area contributed by atoms with Crippen molar-refractivity contribution in [3.8, 4) is 0 Å². The molecule has 0 radical (unpaired) electrons. The van der Waals surface area contributed by atoms with Gasteiger partial charge in [0.25, 0.3) is 0 Å². The Labute approximate surface area is 120 Å². The third kappa shape index (κ3) is 3.83. The lowest BCUT2D eigenvalue weighted by Crippen LogP contribution is -2.35. The fourth-order valence-corrected chi connectivity index (χ4v) is 1.74. The predicted molar refractivity (Wildman–Crippen MR) is 80.8 cm³/mol. The molecule has 0 amide bonds. The van der Waals surface area contributed by atoms with Crippen LogP contribution in [0.5, 0.6) is 0 Å². The van der Waals surface area contributed by atoms with Crippen LogP contribution in [0.1, 0.15) is 18.2 Å². The predicted octanol–water partition coefficient (Wildman–Crippen LogP) is 1.65. The van der Waals surface area contributed by atoms with Crippen molar-refractivity contribution in [3.63, 3.8) is 0 Å². The Morgan fingerprint density at radius 2 is 2.29 bits per heavy atom. The summed E-state index contributed by atoms with van der Waals surface area (Å²) in [5.74, 6) is 0.976. The summed E-state index contributed by atoms with van der Waals surface area (Å²) in [4.78, 5) is 10.8. The number of aliphatic imine (C=N–C) groups is 1. The molecule has 2 heterocycles. The maximum Gasteiger partial charge on any atom is 0.194 e. The lowest BCUT2D eigenvalue weighted by Gasteiger charge is -2.15. The molecule has 17 heavy (non-hydrogen) atoms. The topological polar surface area (TPSA) is 40.5 Å². The van der Waals surface area contributed by atoms with Gasteiger partial charge in [-0.25, -0.2) is 0 Å². The molecule has 1 aliphatic rings. The summed E-state index contributed by atoms with van der Waals surface area (Å²) >= 11 is 0. The first-order chi connectivity index (χ1) is 7.79. The van der Waals surface area contributed by atoms with Gasteiger partial charge in [-0.2, -0.15) is 0 Å². The minimum Gasteiger partial charge on any atom is -0.351 e. The summed E-state index contributed by atoms with van der Waals surface area (Å²) in [6, 6.07) is 4.20. The molecule has 1 aromatic heterocycles. The van der Waals surface area contributed by atoms with Gasteiger partial charge in [-0.3, -0.25) is 9.98 Å². The van der Waals surface area contributed by atoms with Crippen molar-refractivity contribution in [3.05, 3.63) is 29.6 Å². The van der Waals surface area contributed by atoms with Crippen LogP contribution in [0, 0.1) is 0 Å². The highest BCUT2D eigenvalue weighted by molar-refractivity contribution is 14.0. The van der Waals surface area contributed by atoms with Crippen molar-refractivity contribution in [2.45, 2.75) is 19.9 Å². The molecule has 0 fully saturated rings. The van der Waals surface area contributed by atoms with Crippen molar-refractivity contribution < 1.29 is 0 Å². The summed E-state index contributed by atoms with van der Waals surface area (Å²) in [5.41, 5.74) is 2.40. The van der Waals surface area contributed by atoms with E-state index in [0.29, 0.717) is 0 Å². The van der Waals surface area contributed by atoms with E-state index in [0.717, 1.165) is 37.7 Å². The second-order valence-corrected chi connectivity index (χ2v) is 3.99. The second kappa shape index (κ2) is 6.78. The fraction of sp³-hybridized carbons (Fsp3) is 0.500. The first-order valence-electron chi connectivity index (χ1n) is 5.73. The number of hydrogen-bond donors (Lipinski definition) is 1. The van der Waals surface area contributed by atoms with Crippen LogP contribution in [0.3, 0.4) is 0 Å². The molecule has 1 aliphatic heterocycles. The second-order valence-electron chi connectivity index (χ2n) is 3.99. The van der Waals surface area contributed by atoms with E-state index in [-0.39, 0.29) is 24.0 Å². The molecule has 0 atom stereocenters. The van der Waals surface area contributed by atoms with Crippen LogP contribution in [-0.4, -0.2) is 36.0 Å². The molecule has 0 saturated carbocycles. The number of nitrogens with zero attached hydrogens (tertiary/aromatic N) is 3. The zero-order valence-corrected chi connectivity index (χ0v) is 12.6. The van der Waals surface area contributed by atoms with Gasteiger partial charge in [0.2, 0.25) is 0 Å². The van der Waals surface area contributed by atoms with Crippen LogP contribution in [0.25, 0.3) is 0 Å². The molecule has 4 nitrogen and oxygen atoms in total. The van der Waals surface area contributed by atoms with Gasteiger partial charge in [0.15, 0.2) is 5.96 Å². The van der Waals surface area contributed by atoms with Gasteiger partial charge in [-0.05, 0) is 24.1 Å². The van der Waals surface area contributed by atoms with Gasteiger partial charge in [0.1, 0.15) is 0 Å². The van der Waals surface area contributed by atoms with Gasteiger partial charge in [0.05, 0.1) is 18.8 Å². The number of guanidine groups is 1. The lowest BCUT2D eigenvalue weighted by atomic mass is 10.2. The molecular weight excluding hydrogens is 327 g/mol. The monoisotopic (exact) mass is 346 g/mol. The number of hydrogen-bond acceptors (Lipinski definition) is 4. The summed E-state index contributed by atoms with van der Waals surface area (Å²) in [6.45, 7) is 4.80. The molecular formula is C12H19IN4. The molecule has 94 valence electrons. The maximum absolute atomic E-state index is 4.38. The van der Waals surface area contributed by atoms with Crippen LogP contribution in [0.2, 0.25) is 0 Å². The van der Waals surface area contributed by atoms with E-state index in [9.17, 15) is 0 Å². The van der Waals surface area contributed by atoms with Crippen molar-refractivity contribution in [2.24, 2.45) is 4.99 Å². The summed E-state index contributed by atoms with van der Waals surface area (Å²) in [6.07, 6.45) is 2.92. The third-order valence-corrected chi connectivity index (χ3v) is 2.78. The van der Waals surface area contributed by atoms with Crippen LogP contribution in [-0.2, 0) is 13.0 Å². The quantitative estimate of drug-likeness (QED) is 0.847. The minimum absolute atomic E-state index is 0. The number of aromatic nitrogens is 1. The lowest BCUT2D eigenvalue weighted by molar-refractivity contribution is 0.533. The van der Waals surface area contributed by atoms with E-state index < -0.39 is 0 Å². The number of nitrogens with one attached hydrogen (secondary N) is 1. The number of aryl methyl sites for hydroxylation is 1. The molecule has 0 aliphatic carbocycles. The Balaban J connectivity index is 0.00000144. The average Bonchev–Trinajstić information content (AvgIpc) is 2.72. The summed E-state index contributed by atoms with van der Waals surface area (Å²) in [7, 11) is 2.05. The zero-order valence-electron chi connectivity index (χ0n) is 10.3. The Hall–Kier alpha value is -0.850. The molecule has 1 N–H and O–H groups in total. The van der Waals surface area contributed by atoms with Crippen molar-refractivity contribution in [1.82, 2.24) is 15.2 Å². The maximum atomic E-state index is 4.38. The SMILES string of the molecule is CCc1ccnc(CNC2=NCCN2C)c1.I. The molecule has 0 saturated heterocycles.